The van der Waals surface area contributed by atoms with Gasteiger partial charge in [-0.1, -0.05) is 0 Å². The van der Waals surface area contributed by atoms with Gasteiger partial charge in [0.15, 0.2) is 6.61 Å². The van der Waals surface area contributed by atoms with Gasteiger partial charge in [-0.25, -0.2) is 10.2 Å². The molecule has 0 aromatic carbocycles. The lowest BCUT2D eigenvalue weighted by Crippen LogP contribution is -2.31. The molecule has 1 aliphatic heterocycles. The van der Waals surface area contributed by atoms with Crippen molar-refractivity contribution < 1.29 is 23.5 Å². The van der Waals surface area contributed by atoms with Gasteiger partial charge in [-0.3, -0.25) is 9.59 Å². The van der Waals surface area contributed by atoms with Gasteiger partial charge >= 0.3 is 5.97 Å². The molecule has 0 saturated carbocycles. The second kappa shape index (κ2) is 7.38. The first kappa shape index (κ1) is 17.7. The molecule has 1 aliphatic rings. The van der Waals surface area contributed by atoms with Crippen molar-refractivity contribution in [3.8, 4) is 0 Å². The van der Waals surface area contributed by atoms with E-state index in [1.54, 1.807) is 12.3 Å². The summed E-state index contributed by atoms with van der Waals surface area (Å²) in [7, 11) is 0. The highest BCUT2D eigenvalue weighted by atomic mass is 16.5. The number of hydrogen-bond donors (Lipinski definition) is 1. The number of hydrazone groups is 1. The number of nitrogens with zero attached hydrogens (tertiary/aromatic N) is 2. The van der Waals surface area contributed by atoms with Crippen molar-refractivity contribution in [1.29, 1.82) is 0 Å². The van der Waals surface area contributed by atoms with Crippen LogP contribution in [0.1, 0.15) is 40.3 Å². The predicted octanol–water partition coefficient (Wildman–Crippen LogP) is 1.74. The van der Waals surface area contributed by atoms with E-state index in [9.17, 15) is 14.4 Å². The summed E-state index contributed by atoms with van der Waals surface area (Å²) in [6, 6.07) is 5.45. The van der Waals surface area contributed by atoms with E-state index in [2.05, 4.69) is 10.5 Å². The number of carbonyl (C=O) groups excluding carboxylic acids is 3. The first-order chi connectivity index (χ1) is 12.5. The number of aryl methyl sites for hydroxylation is 1. The minimum Gasteiger partial charge on any atom is -0.467 e. The molecule has 0 atom stereocenters. The van der Waals surface area contributed by atoms with Gasteiger partial charge in [0, 0.05) is 29.8 Å². The molecule has 0 bridgehead atoms. The lowest BCUT2D eigenvalue weighted by molar-refractivity contribution is -0.134. The molecule has 3 rings (SSSR count). The van der Waals surface area contributed by atoms with Crippen molar-refractivity contribution in [2.45, 2.75) is 33.2 Å². The second-order valence-electron chi connectivity index (χ2n) is 6.04. The fraction of sp³-hybridized carbons (Fsp3) is 0.333. The summed E-state index contributed by atoms with van der Waals surface area (Å²) >= 11 is 0. The Hall–Kier alpha value is -3.16. The maximum Gasteiger partial charge on any atom is 0.354 e. The van der Waals surface area contributed by atoms with Crippen LogP contribution in [-0.2, 0) is 20.9 Å². The van der Waals surface area contributed by atoms with E-state index in [4.69, 9.17) is 9.15 Å². The Morgan fingerprint density at radius 1 is 1.35 bits per heavy atom. The highest BCUT2D eigenvalue weighted by Gasteiger charge is 2.22. The van der Waals surface area contributed by atoms with Crippen LogP contribution in [0.25, 0.3) is 0 Å². The molecule has 1 N–H and O–H groups in total. The third kappa shape index (κ3) is 3.74. The van der Waals surface area contributed by atoms with Gasteiger partial charge in [0.25, 0.3) is 0 Å². The molecule has 8 heteroatoms. The summed E-state index contributed by atoms with van der Waals surface area (Å²) in [5.41, 5.74) is 4.53. The van der Waals surface area contributed by atoms with E-state index < -0.39 is 5.97 Å². The van der Waals surface area contributed by atoms with Gasteiger partial charge in [-0.15, -0.1) is 0 Å². The third-order valence-electron chi connectivity index (χ3n) is 4.24. The van der Waals surface area contributed by atoms with Crippen molar-refractivity contribution in [3.05, 3.63) is 47.2 Å². The van der Waals surface area contributed by atoms with Crippen molar-refractivity contribution in [3.63, 3.8) is 0 Å². The average molecular weight is 357 g/mol. The Labute approximate surface area is 149 Å². The van der Waals surface area contributed by atoms with Crippen LogP contribution in [-0.4, -0.2) is 34.5 Å². The lowest BCUT2D eigenvalue weighted by atomic mass is 10.1. The number of ketones is 1. The first-order valence-electron chi connectivity index (χ1n) is 8.20. The number of rotatable bonds is 6. The zero-order valence-electron chi connectivity index (χ0n) is 14.6. The quantitative estimate of drug-likeness (QED) is 0.626. The number of aromatic nitrogens is 1. The van der Waals surface area contributed by atoms with Gasteiger partial charge in [-0.05, 0) is 32.0 Å². The van der Waals surface area contributed by atoms with Crippen molar-refractivity contribution in [2.75, 3.05) is 6.61 Å². The summed E-state index contributed by atoms with van der Waals surface area (Å²) in [4.78, 5) is 35.4. The number of hydrogen-bond acceptors (Lipinski definition) is 6. The Bertz CT molecular complexity index is 877. The molecular weight excluding hydrogens is 338 g/mol. The monoisotopic (exact) mass is 357 g/mol. The topological polar surface area (TPSA) is 103 Å². The van der Waals surface area contributed by atoms with Crippen LogP contribution in [0.3, 0.4) is 0 Å². The van der Waals surface area contributed by atoms with Crippen molar-refractivity contribution in [2.24, 2.45) is 5.10 Å². The largest absolute Gasteiger partial charge is 0.467 e. The van der Waals surface area contributed by atoms with E-state index in [0.29, 0.717) is 12.1 Å². The molecule has 0 aliphatic carbocycles. The molecule has 1 amide bonds. The normalized spacial score (nSPS) is 13.9. The van der Waals surface area contributed by atoms with Crippen LogP contribution >= 0.6 is 0 Å². The van der Waals surface area contributed by atoms with Crippen molar-refractivity contribution >= 4 is 23.4 Å². The third-order valence-corrected chi connectivity index (χ3v) is 4.24. The van der Waals surface area contributed by atoms with Crippen molar-refractivity contribution in [1.82, 2.24) is 9.99 Å². The number of Topliss-reactive ketones (excluding diaryl/α,β-unsaturated/α-hetero) is 1. The molecule has 3 heterocycles. The first-order valence-corrected chi connectivity index (χ1v) is 8.20. The highest BCUT2D eigenvalue weighted by molar-refractivity contribution is 6.37. The highest BCUT2D eigenvalue weighted by Crippen LogP contribution is 2.18. The van der Waals surface area contributed by atoms with Crippen LogP contribution in [0, 0.1) is 13.8 Å². The molecule has 26 heavy (non-hydrogen) atoms. The standard InChI is InChI=1S/C18H19N3O5/c1-11-8-14(12(2)21(11)9-13-4-3-7-25-13)16(22)10-26-18(24)15-5-6-17(23)20-19-15/h3-4,7-8H,5-6,9-10H2,1-2H3,(H,20,23). The zero-order valence-corrected chi connectivity index (χ0v) is 14.6. The Morgan fingerprint density at radius 2 is 2.15 bits per heavy atom. The molecule has 2 aromatic rings. The number of nitrogens with one attached hydrogen (secondary N) is 1. The summed E-state index contributed by atoms with van der Waals surface area (Å²) in [6.07, 6.45) is 1.98. The Morgan fingerprint density at radius 3 is 2.81 bits per heavy atom. The van der Waals surface area contributed by atoms with E-state index in [1.807, 2.05) is 30.5 Å². The molecule has 0 fully saturated rings. The molecule has 8 nitrogen and oxygen atoms in total. The van der Waals surface area contributed by atoms with Gasteiger partial charge < -0.3 is 13.7 Å². The molecule has 2 aromatic heterocycles. The number of amides is 1. The maximum atomic E-state index is 12.4. The van der Waals surface area contributed by atoms with E-state index in [0.717, 1.165) is 17.1 Å². The minimum absolute atomic E-state index is 0.112. The maximum absolute atomic E-state index is 12.4. The number of carbonyl (C=O) groups is 3. The number of esters is 1. The van der Waals surface area contributed by atoms with E-state index in [-0.39, 0.29) is 36.9 Å². The van der Waals surface area contributed by atoms with Crippen LogP contribution in [0.15, 0.2) is 34.0 Å². The van der Waals surface area contributed by atoms with Crippen LogP contribution < -0.4 is 5.43 Å². The second-order valence-corrected chi connectivity index (χ2v) is 6.04. The van der Waals surface area contributed by atoms with Crippen LogP contribution in [0.5, 0.6) is 0 Å². The van der Waals surface area contributed by atoms with Crippen LogP contribution in [0.2, 0.25) is 0 Å². The van der Waals surface area contributed by atoms with E-state index >= 15 is 0 Å². The van der Waals surface area contributed by atoms with Gasteiger partial charge in [-0.2, -0.15) is 5.10 Å². The summed E-state index contributed by atoms with van der Waals surface area (Å²) in [5, 5.41) is 3.66. The minimum atomic E-state index is -0.692. The van der Waals surface area contributed by atoms with Gasteiger partial charge in [0.1, 0.15) is 11.5 Å². The number of ether oxygens (including phenoxy) is 1. The molecule has 0 saturated heterocycles. The SMILES string of the molecule is Cc1cc(C(=O)COC(=O)C2=NNC(=O)CC2)c(C)n1Cc1ccco1. The summed E-state index contributed by atoms with van der Waals surface area (Å²) < 4.78 is 12.4. The predicted molar refractivity (Wildman–Crippen MR) is 91.8 cm³/mol. The Balaban J connectivity index is 1.65. The fourth-order valence-corrected chi connectivity index (χ4v) is 2.80. The van der Waals surface area contributed by atoms with Gasteiger partial charge in [0.2, 0.25) is 11.7 Å². The molecule has 0 spiro atoms. The lowest BCUT2D eigenvalue weighted by Gasteiger charge is -2.11. The fourth-order valence-electron chi connectivity index (χ4n) is 2.80. The molecule has 0 radical (unpaired) electrons. The number of furan rings is 1. The Kier molecular flexibility index (Phi) is 5.01. The zero-order chi connectivity index (χ0) is 18.7. The molecular formula is C18H19N3O5. The molecule has 0 unspecified atom stereocenters. The summed E-state index contributed by atoms with van der Waals surface area (Å²) in [6.45, 7) is 3.88. The van der Waals surface area contributed by atoms with Gasteiger partial charge in [0.05, 0.1) is 12.8 Å². The van der Waals surface area contributed by atoms with E-state index in [1.165, 1.54) is 0 Å². The van der Waals surface area contributed by atoms with Crippen LogP contribution in [0.4, 0.5) is 0 Å². The smallest absolute Gasteiger partial charge is 0.354 e. The average Bonchev–Trinajstić information content (AvgIpc) is 3.24. The molecule has 136 valence electrons. The summed E-state index contributed by atoms with van der Waals surface area (Å²) in [5.74, 6) is -0.448.